The number of allylic oxidation sites excluding steroid dienone is 1. The van der Waals surface area contributed by atoms with Crippen LogP contribution in [0.3, 0.4) is 0 Å². The van der Waals surface area contributed by atoms with Gasteiger partial charge in [0, 0.05) is 11.9 Å². The number of pyridine rings is 1. The SMILES string of the molecule is CCC1=C(C(=O)OC)[C@@H](c2cccc(Oc3ccccc3)c2)N2C(CC(=O)NCc3ccccn3)=CSC2=N1. The van der Waals surface area contributed by atoms with Gasteiger partial charge in [-0.2, -0.15) is 0 Å². The van der Waals surface area contributed by atoms with Gasteiger partial charge in [0.2, 0.25) is 5.91 Å². The van der Waals surface area contributed by atoms with E-state index in [1.807, 2.05) is 90.0 Å². The third-order valence-corrected chi connectivity index (χ3v) is 7.21. The second-order valence-electron chi connectivity index (χ2n) is 8.86. The molecule has 3 aromatic rings. The molecule has 1 atom stereocenters. The lowest BCUT2D eigenvalue weighted by molar-refractivity contribution is -0.136. The van der Waals surface area contributed by atoms with Crippen molar-refractivity contribution in [2.45, 2.75) is 32.4 Å². The zero-order valence-electron chi connectivity index (χ0n) is 21.7. The Labute approximate surface area is 231 Å². The molecule has 0 bridgehead atoms. The van der Waals surface area contributed by atoms with Crippen LogP contribution >= 0.6 is 11.8 Å². The van der Waals surface area contributed by atoms with Gasteiger partial charge < -0.3 is 19.7 Å². The van der Waals surface area contributed by atoms with Gasteiger partial charge in [-0.15, -0.1) is 0 Å². The number of amides is 1. The number of carbonyl (C=O) groups is 2. The summed E-state index contributed by atoms with van der Waals surface area (Å²) < 4.78 is 11.3. The van der Waals surface area contributed by atoms with E-state index in [4.69, 9.17) is 14.5 Å². The van der Waals surface area contributed by atoms with Crippen LogP contribution < -0.4 is 10.1 Å². The van der Waals surface area contributed by atoms with Gasteiger partial charge in [0.25, 0.3) is 0 Å². The van der Waals surface area contributed by atoms with Gasteiger partial charge in [-0.05, 0) is 53.8 Å². The Balaban J connectivity index is 1.46. The topological polar surface area (TPSA) is 93.1 Å². The Morgan fingerprint density at radius 1 is 1.03 bits per heavy atom. The van der Waals surface area contributed by atoms with E-state index in [1.54, 1.807) is 6.20 Å². The molecular weight excluding hydrogens is 512 g/mol. The normalized spacial score (nSPS) is 16.3. The van der Waals surface area contributed by atoms with Crippen molar-refractivity contribution in [3.05, 3.63) is 113 Å². The lowest BCUT2D eigenvalue weighted by atomic mass is 9.92. The summed E-state index contributed by atoms with van der Waals surface area (Å²) in [5, 5.41) is 5.57. The molecule has 0 spiro atoms. The summed E-state index contributed by atoms with van der Waals surface area (Å²) in [4.78, 5) is 37.1. The van der Waals surface area contributed by atoms with E-state index in [0.29, 0.717) is 40.9 Å². The molecule has 39 heavy (non-hydrogen) atoms. The number of methoxy groups -OCH3 is 1. The van der Waals surface area contributed by atoms with E-state index in [0.717, 1.165) is 17.0 Å². The number of para-hydroxylation sites is 1. The maximum atomic E-state index is 13.2. The van der Waals surface area contributed by atoms with Crippen molar-refractivity contribution in [2.24, 2.45) is 4.99 Å². The fourth-order valence-corrected chi connectivity index (χ4v) is 5.46. The van der Waals surface area contributed by atoms with E-state index < -0.39 is 12.0 Å². The number of hydrogen-bond donors (Lipinski definition) is 1. The minimum Gasteiger partial charge on any atom is -0.466 e. The van der Waals surface area contributed by atoms with Crippen LogP contribution in [0, 0.1) is 0 Å². The van der Waals surface area contributed by atoms with Gasteiger partial charge in [-0.3, -0.25) is 9.78 Å². The standard InChI is InChI=1S/C30H28N4O4S/c1-3-25-27(29(36)37-2)28(20-10-9-14-24(16-20)38-23-12-5-4-6-13-23)34-22(19-39-30(34)33-25)17-26(35)32-18-21-11-7-8-15-31-21/h4-16,19,28H,3,17-18H2,1-2H3,(H,32,35)/t28-/m1/s1. The maximum absolute atomic E-state index is 13.2. The Bertz CT molecular complexity index is 1450. The highest BCUT2D eigenvalue weighted by Crippen LogP contribution is 2.46. The summed E-state index contributed by atoms with van der Waals surface area (Å²) in [6.07, 6.45) is 2.37. The van der Waals surface area contributed by atoms with Crippen molar-refractivity contribution in [1.29, 1.82) is 0 Å². The second-order valence-corrected chi connectivity index (χ2v) is 9.70. The molecule has 1 N–H and O–H groups in total. The fraction of sp³-hybridized carbons (Fsp3) is 0.200. The Morgan fingerprint density at radius 2 is 1.82 bits per heavy atom. The van der Waals surface area contributed by atoms with Gasteiger partial charge in [-0.25, -0.2) is 9.79 Å². The average molecular weight is 541 g/mol. The van der Waals surface area contributed by atoms with Gasteiger partial charge >= 0.3 is 5.97 Å². The number of esters is 1. The predicted molar refractivity (Wildman–Crippen MR) is 151 cm³/mol. The molecular formula is C30H28N4O4S. The first-order valence-corrected chi connectivity index (χ1v) is 13.5. The van der Waals surface area contributed by atoms with Crippen LogP contribution in [0.25, 0.3) is 0 Å². The number of fused-ring (bicyclic) bond motifs is 1. The minimum atomic E-state index is -0.538. The molecule has 1 aromatic heterocycles. The summed E-state index contributed by atoms with van der Waals surface area (Å²) in [5.74, 6) is 0.736. The molecule has 0 aliphatic carbocycles. The van der Waals surface area contributed by atoms with Crippen molar-refractivity contribution in [1.82, 2.24) is 15.2 Å². The molecule has 0 radical (unpaired) electrons. The van der Waals surface area contributed by atoms with Crippen molar-refractivity contribution in [3.8, 4) is 11.5 Å². The molecule has 1 amide bonds. The summed E-state index contributed by atoms with van der Waals surface area (Å²) in [6, 6.07) is 22.2. The maximum Gasteiger partial charge on any atom is 0.338 e. The second kappa shape index (κ2) is 12.0. The molecule has 0 fully saturated rings. The molecule has 0 saturated carbocycles. The quantitative estimate of drug-likeness (QED) is 0.347. The highest BCUT2D eigenvalue weighted by atomic mass is 32.2. The van der Waals surface area contributed by atoms with Crippen molar-refractivity contribution < 1.29 is 19.1 Å². The Morgan fingerprint density at radius 3 is 2.56 bits per heavy atom. The molecule has 198 valence electrons. The zero-order valence-corrected chi connectivity index (χ0v) is 22.5. The van der Waals surface area contributed by atoms with E-state index in [-0.39, 0.29) is 12.3 Å². The molecule has 2 aliphatic heterocycles. The lowest BCUT2D eigenvalue weighted by Gasteiger charge is -2.36. The molecule has 2 aromatic carbocycles. The lowest BCUT2D eigenvalue weighted by Crippen LogP contribution is -2.38. The minimum absolute atomic E-state index is 0.117. The van der Waals surface area contributed by atoms with Crippen molar-refractivity contribution >= 4 is 28.8 Å². The number of carbonyl (C=O) groups excluding carboxylic acids is 2. The predicted octanol–water partition coefficient (Wildman–Crippen LogP) is 5.72. The summed E-state index contributed by atoms with van der Waals surface area (Å²) >= 11 is 1.44. The smallest absolute Gasteiger partial charge is 0.338 e. The molecule has 3 heterocycles. The number of aliphatic imine (C=N–C) groups is 1. The van der Waals surface area contributed by atoms with Crippen molar-refractivity contribution in [3.63, 3.8) is 0 Å². The van der Waals surface area contributed by atoms with Crippen molar-refractivity contribution in [2.75, 3.05) is 7.11 Å². The average Bonchev–Trinajstić information content (AvgIpc) is 3.37. The molecule has 0 unspecified atom stereocenters. The van der Waals surface area contributed by atoms with Crippen LogP contribution in [0.5, 0.6) is 11.5 Å². The van der Waals surface area contributed by atoms with Gasteiger partial charge in [0.05, 0.1) is 43.1 Å². The molecule has 2 aliphatic rings. The van der Waals surface area contributed by atoms with E-state index in [1.165, 1.54) is 18.9 Å². The van der Waals surface area contributed by atoms with Crippen LogP contribution in [0.15, 0.2) is 106 Å². The van der Waals surface area contributed by atoms with Crippen LogP contribution in [-0.4, -0.2) is 34.0 Å². The monoisotopic (exact) mass is 540 g/mol. The number of nitrogens with zero attached hydrogens (tertiary/aromatic N) is 3. The molecule has 5 rings (SSSR count). The largest absolute Gasteiger partial charge is 0.466 e. The first-order chi connectivity index (χ1) is 19.1. The number of ether oxygens (including phenoxy) is 2. The van der Waals surface area contributed by atoms with Crippen LogP contribution in [-0.2, 0) is 20.9 Å². The van der Waals surface area contributed by atoms with Gasteiger partial charge in [0.1, 0.15) is 11.5 Å². The number of aromatic nitrogens is 1. The third-order valence-electron chi connectivity index (χ3n) is 6.32. The molecule has 8 nitrogen and oxygen atoms in total. The Hall–Kier alpha value is -4.37. The fourth-order valence-electron chi connectivity index (χ4n) is 4.52. The summed E-state index contributed by atoms with van der Waals surface area (Å²) in [7, 11) is 1.37. The van der Waals surface area contributed by atoms with E-state index >= 15 is 0 Å². The first kappa shape index (κ1) is 26.2. The number of hydrogen-bond acceptors (Lipinski definition) is 8. The van der Waals surface area contributed by atoms with Gasteiger partial charge in [-0.1, -0.05) is 55.1 Å². The Kier molecular flexibility index (Phi) is 8.07. The first-order valence-electron chi connectivity index (χ1n) is 12.6. The van der Waals surface area contributed by atoms with Crippen LogP contribution in [0.4, 0.5) is 0 Å². The summed E-state index contributed by atoms with van der Waals surface area (Å²) in [5.41, 5.74) is 3.45. The number of nitrogens with one attached hydrogen (secondary N) is 1. The zero-order chi connectivity index (χ0) is 27.2. The highest BCUT2D eigenvalue weighted by molar-refractivity contribution is 8.16. The van der Waals surface area contributed by atoms with Crippen LogP contribution in [0.1, 0.15) is 37.1 Å². The van der Waals surface area contributed by atoms with Gasteiger partial charge in [0.15, 0.2) is 5.17 Å². The highest BCUT2D eigenvalue weighted by Gasteiger charge is 2.41. The molecule has 0 saturated heterocycles. The number of rotatable bonds is 9. The number of benzene rings is 2. The number of amidine groups is 1. The number of thioether (sulfide) groups is 1. The molecule has 9 heteroatoms. The van der Waals surface area contributed by atoms with E-state index in [2.05, 4.69) is 10.3 Å². The van der Waals surface area contributed by atoms with E-state index in [9.17, 15) is 9.59 Å². The summed E-state index contributed by atoms with van der Waals surface area (Å²) in [6.45, 7) is 2.29. The van der Waals surface area contributed by atoms with Crippen LogP contribution in [0.2, 0.25) is 0 Å². The third kappa shape index (κ3) is 5.88.